The van der Waals surface area contributed by atoms with Gasteiger partial charge in [0.2, 0.25) is 5.36 Å². The molecule has 3 rings (SSSR count). The number of hydrogen-bond acceptors (Lipinski definition) is 3. The Bertz CT molecular complexity index is 823. The molecule has 0 aromatic heterocycles. The van der Waals surface area contributed by atoms with E-state index in [0.29, 0.717) is 0 Å². The van der Waals surface area contributed by atoms with Crippen molar-refractivity contribution in [2.24, 2.45) is 0 Å². The lowest BCUT2D eigenvalue weighted by Crippen LogP contribution is -3.00. The van der Waals surface area contributed by atoms with Crippen LogP contribution in [0.4, 0.5) is 5.69 Å². The Balaban J connectivity index is 0.00000121. The molecule has 0 saturated carbocycles. The van der Waals surface area contributed by atoms with Crippen LogP contribution in [0.5, 0.6) is 0 Å². The normalized spacial score (nSPS) is 10.0. The molecule has 0 atom stereocenters. The largest absolute Gasteiger partial charge is 1.00 e. The van der Waals surface area contributed by atoms with Gasteiger partial charge in [-0.05, 0) is 24.3 Å². The van der Waals surface area contributed by atoms with E-state index in [-0.39, 0.29) is 24.8 Å². The summed E-state index contributed by atoms with van der Waals surface area (Å²) in [4.78, 5) is 8.09. The third-order valence-electron chi connectivity index (χ3n) is 3.38. The van der Waals surface area contributed by atoms with Crippen molar-refractivity contribution in [3.8, 4) is 10.6 Å². The Labute approximate surface area is 147 Å². The van der Waals surface area contributed by atoms with E-state index in [1.165, 1.54) is 20.6 Å². The van der Waals surface area contributed by atoms with Gasteiger partial charge in [0.25, 0.3) is 0 Å². The van der Waals surface area contributed by atoms with E-state index >= 15 is 0 Å². The van der Waals surface area contributed by atoms with Crippen LogP contribution in [0.15, 0.2) is 36.4 Å². The van der Waals surface area contributed by atoms with Crippen LogP contribution in [-0.2, 0) is 0 Å². The molecule has 2 aliphatic rings. The highest BCUT2D eigenvalue weighted by molar-refractivity contribution is 7.21. The van der Waals surface area contributed by atoms with Crippen LogP contribution in [0.3, 0.4) is 0 Å². The summed E-state index contributed by atoms with van der Waals surface area (Å²) in [5.41, 5.74) is 3.33. The first-order valence-electron chi connectivity index (χ1n) is 6.57. The van der Waals surface area contributed by atoms with Crippen LogP contribution in [0.25, 0.3) is 20.8 Å². The first kappa shape index (κ1) is 18.7. The number of rotatable bonds is 1. The maximum absolute atomic E-state index is 4.75. The van der Waals surface area contributed by atoms with Crippen molar-refractivity contribution in [3.05, 3.63) is 41.8 Å². The van der Waals surface area contributed by atoms with Crippen LogP contribution in [0.1, 0.15) is 0 Å². The zero-order valence-electron chi connectivity index (χ0n) is 13.0. The molecule has 3 nitrogen and oxygen atoms in total. The van der Waals surface area contributed by atoms with Crippen LogP contribution in [0.2, 0.25) is 0 Å². The molecule has 1 aliphatic heterocycles. The fourth-order valence-electron chi connectivity index (χ4n) is 2.16. The van der Waals surface area contributed by atoms with Gasteiger partial charge in [-0.25, -0.2) is 9.56 Å². The van der Waals surface area contributed by atoms with E-state index in [9.17, 15) is 0 Å². The maximum atomic E-state index is 4.75. The van der Waals surface area contributed by atoms with Crippen molar-refractivity contribution in [1.82, 2.24) is 9.56 Å². The number of aromatic nitrogens is 1. The van der Waals surface area contributed by atoms with Gasteiger partial charge in [0, 0.05) is 31.9 Å². The first-order chi connectivity index (χ1) is 9.54. The van der Waals surface area contributed by atoms with E-state index in [4.69, 9.17) is 4.98 Å². The molecule has 0 amide bonds. The smallest absolute Gasteiger partial charge is 0.201 e. The maximum Gasteiger partial charge on any atom is 0.201 e. The Morgan fingerprint density at radius 1 is 1.05 bits per heavy atom. The monoisotopic (exact) mass is 355 g/mol. The molecule has 1 aromatic rings. The average Bonchev–Trinajstić information content (AvgIpc) is 2.43. The molecule has 1 aliphatic carbocycles. The number of nitrogens with zero attached hydrogens (tertiary/aromatic N) is 3. The molecule has 0 fully saturated rings. The molecular formula is C16H19Cl2N3S. The van der Waals surface area contributed by atoms with E-state index in [0.717, 1.165) is 11.2 Å². The second-order valence-electron chi connectivity index (χ2n) is 5.31. The van der Waals surface area contributed by atoms with Crippen molar-refractivity contribution < 1.29 is 12.4 Å². The minimum absolute atomic E-state index is 0. The molecule has 0 unspecified atom stereocenters. The van der Waals surface area contributed by atoms with Crippen molar-refractivity contribution >= 4 is 39.6 Å². The van der Waals surface area contributed by atoms with E-state index in [2.05, 4.69) is 74.1 Å². The van der Waals surface area contributed by atoms with Crippen molar-refractivity contribution in [2.45, 2.75) is 0 Å². The Morgan fingerprint density at radius 2 is 1.77 bits per heavy atom. The zero-order chi connectivity index (χ0) is 14.3. The second-order valence-corrected chi connectivity index (χ2v) is 6.39. The standard InChI is InChI=1S/C16H18N3S.2ClH/c1-18(2)11-5-7-13-15(9-11)20-16-10-12(19(3)4)6-8-14(16)17-13;;/h5-10H,1-4H3;2*1H/q+1;;/p-1. The number of fused-ring (bicyclic) bond motifs is 2. The highest BCUT2D eigenvalue weighted by Gasteiger charge is 2.09. The molecule has 22 heavy (non-hydrogen) atoms. The fraction of sp³-hybridized carbons (Fsp3) is 0.250. The van der Waals surface area contributed by atoms with E-state index in [1.807, 2.05) is 0 Å². The van der Waals surface area contributed by atoms with Crippen LogP contribution < -0.4 is 27.2 Å². The summed E-state index contributed by atoms with van der Waals surface area (Å²) in [6.45, 7) is 0. The highest BCUT2D eigenvalue weighted by Crippen LogP contribution is 2.31. The van der Waals surface area contributed by atoms with Gasteiger partial charge in [-0.3, -0.25) is 0 Å². The van der Waals surface area contributed by atoms with Gasteiger partial charge in [-0.1, -0.05) is 0 Å². The lowest BCUT2D eigenvalue weighted by Gasteiger charge is -2.13. The molecule has 118 valence electrons. The number of benzene rings is 2. The van der Waals surface area contributed by atoms with Gasteiger partial charge in [0.15, 0.2) is 0 Å². The lowest BCUT2D eigenvalue weighted by atomic mass is 10.2. The Hall–Kier alpha value is -1.36. The molecule has 0 saturated heterocycles. The zero-order valence-corrected chi connectivity index (χ0v) is 15.4. The Kier molecular flexibility index (Phi) is 6.17. The van der Waals surface area contributed by atoms with Crippen LogP contribution in [0, 0.1) is 0 Å². The summed E-state index contributed by atoms with van der Waals surface area (Å²) in [6.07, 6.45) is 0. The quantitative estimate of drug-likeness (QED) is 0.449. The van der Waals surface area contributed by atoms with Crippen molar-refractivity contribution in [3.63, 3.8) is 0 Å². The molecule has 0 spiro atoms. The number of hydrogen-bond donors (Lipinski definition) is 0. The second kappa shape index (κ2) is 7.27. The van der Waals surface area contributed by atoms with Gasteiger partial charge in [-0.2, -0.15) is 0 Å². The van der Waals surface area contributed by atoms with Gasteiger partial charge in [0.1, 0.15) is 14.1 Å². The molecule has 0 bridgehead atoms. The summed E-state index contributed by atoms with van der Waals surface area (Å²) in [6, 6.07) is 12.8. The summed E-state index contributed by atoms with van der Waals surface area (Å²) in [5.74, 6) is 0. The lowest BCUT2D eigenvalue weighted by molar-refractivity contribution is -0.00000427. The van der Waals surface area contributed by atoms with Crippen LogP contribution in [-0.4, -0.2) is 33.2 Å². The number of halogens is 2. The third-order valence-corrected chi connectivity index (χ3v) is 4.47. The summed E-state index contributed by atoms with van der Waals surface area (Å²) >= 11 is 1.80. The molecule has 1 heterocycles. The molecule has 1 aromatic carbocycles. The predicted molar refractivity (Wildman–Crippen MR) is 94.9 cm³/mol. The Morgan fingerprint density at radius 3 is 2.41 bits per heavy atom. The fourth-order valence-corrected chi connectivity index (χ4v) is 3.19. The first-order valence-corrected chi connectivity index (χ1v) is 7.38. The molecule has 0 radical (unpaired) electrons. The van der Waals surface area contributed by atoms with E-state index < -0.39 is 0 Å². The SMILES string of the molecule is CN(C)c1ccc2nc3ccc(=[N+](C)C)cc-3sc2c1.Cl.[Cl-]. The van der Waals surface area contributed by atoms with Gasteiger partial charge < -0.3 is 17.3 Å². The third kappa shape index (κ3) is 3.51. The van der Waals surface area contributed by atoms with Gasteiger partial charge in [0.05, 0.1) is 20.8 Å². The summed E-state index contributed by atoms with van der Waals surface area (Å²) < 4.78 is 3.34. The van der Waals surface area contributed by atoms with Gasteiger partial charge in [-0.15, -0.1) is 23.7 Å². The minimum Gasteiger partial charge on any atom is -1.00 e. The molecular weight excluding hydrogens is 337 g/mol. The average molecular weight is 356 g/mol. The molecule has 0 N–H and O–H groups in total. The van der Waals surface area contributed by atoms with Crippen molar-refractivity contribution in [1.29, 1.82) is 0 Å². The van der Waals surface area contributed by atoms with E-state index in [1.54, 1.807) is 11.3 Å². The summed E-state index contributed by atoms with van der Waals surface area (Å²) in [7, 11) is 8.24. The predicted octanol–water partition coefficient (Wildman–Crippen LogP) is -0.0753. The highest BCUT2D eigenvalue weighted by atomic mass is 35.5. The minimum atomic E-state index is 0. The summed E-state index contributed by atoms with van der Waals surface area (Å²) in [5, 5.41) is 1.21. The topological polar surface area (TPSA) is 19.1 Å². The number of anilines is 1. The molecule has 6 heteroatoms. The van der Waals surface area contributed by atoms with Crippen molar-refractivity contribution in [2.75, 3.05) is 33.1 Å². The van der Waals surface area contributed by atoms with Crippen LogP contribution >= 0.6 is 23.7 Å². The van der Waals surface area contributed by atoms with Gasteiger partial charge >= 0.3 is 0 Å².